The monoisotopic (exact) mass is 256 g/mol. The Kier molecular flexibility index (Phi) is 4.33. The Morgan fingerprint density at radius 2 is 1.71 bits per heavy atom. The van der Waals surface area contributed by atoms with Crippen LogP contribution in [0.2, 0.25) is 0 Å². The molecule has 0 N–H and O–H groups in total. The highest BCUT2D eigenvalue weighted by Crippen LogP contribution is 2.28. The van der Waals surface area contributed by atoms with Crippen LogP contribution < -0.4 is 0 Å². The van der Waals surface area contributed by atoms with Gasteiger partial charge in [0, 0.05) is 0 Å². The molecule has 0 heterocycles. The van der Waals surface area contributed by atoms with Crippen LogP contribution in [0.1, 0.15) is 34.1 Å². The van der Waals surface area contributed by atoms with Gasteiger partial charge in [-0.25, -0.2) is 0 Å². The summed E-state index contributed by atoms with van der Waals surface area (Å²) in [6, 6.07) is 8.25. The molecule has 96 valence electrons. The van der Waals surface area contributed by atoms with E-state index in [1.54, 1.807) is 30.3 Å². The molecule has 17 heavy (non-hydrogen) atoms. The quantitative estimate of drug-likeness (QED) is 0.777. The molecular formula is C13H20O3S. The zero-order valence-corrected chi connectivity index (χ0v) is 11.6. The maximum Gasteiger partial charge on any atom is 0.297 e. The Balaban J connectivity index is 2.95. The molecule has 0 aliphatic carbocycles. The van der Waals surface area contributed by atoms with Crippen molar-refractivity contribution in [2.75, 3.05) is 0 Å². The standard InChI is InChI=1S/C13H20O3S/c1-5-12(13(2,3)4)16-17(14,15)11-9-7-6-8-10-11/h6-10,12H,5H2,1-4H3. The first-order chi connectivity index (χ1) is 7.77. The predicted molar refractivity (Wildman–Crippen MR) is 68.2 cm³/mol. The van der Waals surface area contributed by atoms with E-state index in [1.807, 2.05) is 27.7 Å². The third-order valence-electron chi connectivity index (χ3n) is 2.61. The van der Waals surface area contributed by atoms with Crippen LogP contribution in [0.15, 0.2) is 35.2 Å². The van der Waals surface area contributed by atoms with Crippen molar-refractivity contribution < 1.29 is 12.6 Å². The van der Waals surface area contributed by atoms with Crippen LogP contribution in [-0.2, 0) is 14.3 Å². The predicted octanol–water partition coefficient (Wildman–Crippen LogP) is 3.22. The van der Waals surface area contributed by atoms with E-state index in [0.29, 0.717) is 6.42 Å². The highest BCUT2D eigenvalue weighted by atomic mass is 32.2. The Labute approximate surface area is 104 Å². The zero-order chi connectivity index (χ0) is 13.1. The Bertz CT molecular complexity index is 443. The van der Waals surface area contributed by atoms with E-state index >= 15 is 0 Å². The van der Waals surface area contributed by atoms with Crippen molar-refractivity contribution >= 4 is 10.1 Å². The molecule has 0 saturated carbocycles. The van der Waals surface area contributed by atoms with Gasteiger partial charge >= 0.3 is 0 Å². The number of benzene rings is 1. The van der Waals surface area contributed by atoms with Crippen LogP contribution in [0.3, 0.4) is 0 Å². The molecular weight excluding hydrogens is 236 g/mol. The minimum atomic E-state index is -3.65. The molecule has 0 aromatic heterocycles. The molecule has 1 rings (SSSR count). The smallest absolute Gasteiger partial charge is 0.262 e. The lowest BCUT2D eigenvalue weighted by molar-refractivity contribution is 0.0897. The molecule has 0 aliphatic rings. The van der Waals surface area contributed by atoms with Crippen molar-refractivity contribution in [3.05, 3.63) is 30.3 Å². The molecule has 0 saturated heterocycles. The second-order valence-corrected chi connectivity index (χ2v) is 6.70. The topological polar surface area (TPSA) is 43.4 Å². The fourth-order valence-corrected chi connectivity index (χ4v) is 2.95. The molecule has 0 bridgehead atoms. The molecule has 1 aromatic rings. The molecule has 0 fully saturated rings. The highest BCUT2D eigenvalue weighted by molar-refractivity contribution is 7.86. The lowest BCUT2D eigenvalue weighted by Gasteiger charge is -2.28. The number of hydrogen-bond acceptors (Lipinski definition) is 3. The van der Waals surface area contributed by atoms with Crippen molar-refractivity contribution in [1.82, 2.24) is 0 Å². The van der Waals surface area contributed by atoms with Crippen molar-refractivity contribution in [3.8, 4) is 0 Å². The van der Waals surface area contributed by atoms with Gasteiger partial charge < -0.3 is 0 Å². The number of hydrogen-bond donors (Lipinski definition) is 0. The maximum absolute atomic E-state index is 12.0. The van der Waals surface area contributed by atoms with Crippen LogP contribution in [0.25, 0.3) is 0 Å². The second-order valence-electron chi connectivity index (χ2n) is 5.13. The molecule has 1 atom stereocenters. The Hall–Kier alpha value is -0.870. The molecule has 0 radical (unpaired) electrons. The first-order valence-corrected chi connectivity index (χ1v) is 7.16. The van der Waals surface area contributed by atoms with Crippen LogP contribution >= 0.6 is 0 Å². The summed E-state index contributed by atoms with van der Waals surface area (Å²) in [5.41, 5.74) is -0.198. The summed E-state index contributed by atoms with van der Waals surface area (Å²) in [5.74, 6) is 0. The summed E-state index contributed by atoms with van der Waals surface area (Å²) in [6.45, 7) is 7.85. The highest BCUT2D eigenvalue weighted by Gasteiger charge is 2.29. The molecule has 0 spiro atoms. The first kappa shape index (κ1) is 14.2. The van der Waals surface area contributed by atoms with Gasteiger partial charge in [0.2, 0.25) is 0 Å². The van der Waals surface area contributed by atoms with E-state index in [0.717, 1.165) is 0 Å². The second kappa shape index (κ2) is 5.19. The van der Waals surface area contributed by atoms with E-state index in [-0.39, 0.29) is 16.4 Å². The fourth-order valence-electron chi connectivity index (χ4n) is 1.62. The third-order valence-corrected chi connectivity index (χ3v) is 3.95. The zero-order valence-electron chi connectivity index (χ0n) is 10.8. The SMILES string of the molecule is CCC(OS(=O)(=O)c1ccccc1)C(C)(C)C. The molecule has 1 unspecified atom stereocenters. The van der Waals surface area contributed by atoms with Crippen molar-refractivity contribution in [2.24, 2.45) is 5.41 Å². The average Bonchev–Trinajstić information content (AvgIpc) is 2.25. The van der Waals surface area contributed by atoms with Gasteiger partial charge in [-0.1, -0.05) is 45.9 Å². The average molecular weight is 256 g/mol. The summed E-state index contributed by atoms with van der Waals surface area (Å²) in [4.78, 5) is 0.211. The Morgan fingerprint density at radius 3 is 2.12 bits per heavy atom. The molecule has 0 aliphatic heterocycles. The van der Waals surface area contributed by atoms with Gasteiger partial charge in [-0.15, -0.1) is 0 Å². The van der Waals surface area contributed by atoms with Crippen molar-refractivity contribution in [3.63, 3.8) is 0 Å². The summed E-state index contributed by atoms with van der Waals surface area (Å²) in [6.07, 6.45) is 0.350. The molecule has 4 heteroatoms. The van der Waals surface area contributed by atoms with E-state index in [1.165, 1.54) is 0 Å². The minimum absolute atomic E-state index is 0.198. The fraction of sp³-hybridized carbons (Fsp3) is 0.538. The van der Waals surface area contributed by atoms with E-state index in [9.17, 15) is 8.42 Å². The van der Waals surface area contributed by atoms with Gasteiger partial charge in [0.1, 0.15) is 0 Å². The van der Waals surface area contributed by atoms with Crippen LogP contribution in [0.4, 0.5) is 0 Å². The largest absolute Gasteiger partial charge is 0.297 e. The van der Waals surface area contributed by atoms with Crippen molar-refractivity contribution in [1.29, 1.82) is 0 Å². The minimum Gasteiger partial charge on any atom is -0.262 e. The summed E-state index contributed by atoms with van der Waals surface area (Å²) < 4.78 is 29.4. The normalized spacial score (nSPS) is 14.6. The van der Waals surface area contributed by atoms with Gasteiger partial charge in [0.05, 0.1) is 11.0 Å². The molecule has 0 amide bonds. The third kappa shape index (κ3) is 3.82. The molecule has 3 nitrogen and oxygen atoms in total. The summed E-state index contributed by atoms with van der Waals surface area (Å²) >= 11 is 0. The van der Waals surface area contributed by atoms with Crippen LogP contribution in [0, 0.1) is 5.41 Å². The maximum atomic E-state index is 12.0. The molecule has 1 aromatic carbocycles. The lowest BCUT2D eigenvalue weighted by atomic mass is 9.88. The van der Waals surface area contributed by atoms with Gasteiger partial charge in [0.15, 0.2) is 0 Å². The van der Waals surface area contributed by atoms with Crippen LogP contribution in [-0.4, -0.2) is 14.5 Å². The summed E-state index contributed by atoms with van der Waals surface area (Å²) in [7, 11) is -3.65. The lowest BCUT2D eigenvalue weighted by Crippen LogP contribution is -2.31. The van der Waals surface area contributed by atoms with E-state index in [2.05, 4.69) is 0 Å². The van der Waals surface area contributed by atoms with Crippen molar-refractivity contribution in [2.45, 2.75) is 45.1 Å². The van der Waals surface area contributed by atoms with Gasteiger partial charge in [0.25, 0.3) is 10.1 Å². The summed E-state index contributed by atoms with van der Waals surface area (Å²) in [5, 5.41) is 0. The van der Waals surface area contributed by atoms with Gasteiger partial charge in [-0.2, -0.15) is 8.42 Å². The van der Waals surface area contributed by atoms with Gasteiger partial charge in [-0.3, -0.25) is 4.18 Å². The van der Waals surface area contributed by atoms with E-state index < -0.39 is 10.1 Å². The van der Waals surface area contributed by atoms with Gasteiger partial charge in [-0.05, 0) is 24.0 Å². The Morgan fingerprint density at radius 1 is 1.18 bits per heavy atom. The van der Waals surface area contributed by atoms with Crippen LogP contribution in [0.5, 0.6) is 0 Å². The van der Waals surface area contributed by atoms with E-state index in [4.69, 9.17) is 4.18 Å². The first-order valence-electron chi connectivity index (χ1n) is 5.75. The number of rotatable bonds is 4.